The van der Waals surface area contributed by atoms with Gasteiger partial charge in [0.2, 0.25) is 10.0 Å². The molecule has 0 aliphatic rings. The Labute approximate surface area is 177 Å². The molecule has 0 heterocycles. The van der Waals surface area contributed by atoms with Crippen LogP contribution in [0.4, 0.5) is 15.8 Å². The predicted octanol–water partition coefficient (Wildman–Crippen LogP) is 2.56. The first kappa shape index (κ1) is 23.9. The predicted molar refractivity (Wildman–Crippen MR) is 109 cm³/mol. The highest BCUT2D eigenvalue weighted by molar-refractivity contribution is 7.89. The second kappa shape index (κ2) is 10.1. The number of anilines is 1. The van der Waals surface area contributed by atoms with E-state index in [1.165, 1.54) is 18.2 Å². The Morgan fingerprint density at radius 3 is 2.45 bits per heavy atom. The molecule has 10 nitrogen and oxygen atoms in total. The summed E-state index contributed by atoms with van der Waals surface area (Å²) >= 11 is 0. The van der Waals surface area contributed by atoms with Crippen molar-refractivity contribution in [3.8, 4) is 0 Å². The number of ether oxygens (including phenoxy) is 1. The van der Waals surface area contributed by atoms with E-state index in [4.69, 9.17) is 4.74 Å². The Bertz CT molecular complexity index is 1100. The van der Waals surface area contributed by atoms with Crippen molar-refractivity contribution in [1.29, 1.82) is 0 Å². The lowest BCUT2D eigenvalue weighted by Gasteiger charge is -2.19. The van der Waals surface area contributed by atoms with Crippen molar-refractivity contribution in [3.63, 3.8) is 0 Å². The fourth-order valence-corrected chi connectivity index (χ4v) is 4.19. The molecule has 0 saturated heterocycles. The van der Waals surface area contributed by atoms with Crippen LogP contribution in [0.5, 0.6) is 0 Å². The molecule has 2 rings (SSSR count). The van der Waals surface area contributed by atoms with Gasteiger partial charge in [-0.15, -0.1) is 0 Å². The molecule has 1 N–H and O–H groups in total. The van der Waals surface area contributed by atoms with Crippen LogP contribution in [0.15, 0.2) is 47.4 Å². The summed E-state index contributed by atoms with van der Waals surface area (Å²) in [6, 6.07) is 7.88. The number of esters is 1. The molecule has 0 spiro atoms. The van der Waals surface area contributed by atoms with E-state index < -0.39 is 44.1 Å². The normalized spacial score (nSPS) is 11.2. The number of nitro groups is 1. The standard InChI is InChI=1S/C19H20FN3O7S/c1-3-22(4-2)31(28,29)17-10-13(8-9-16(17)20)19(25)30-12-18(24)21-14-6-5-7-15(11-14)23(26)27/h5-11H,3-4,12H2,1-2H3,(H,21,24). The third kappa shape index (κ3) is 5.83. The van der Waals surface area contributed by atoms with Crippen molar-refractivity contribution < 1.29 is 32.1 Å². The maximum atomic E-state index is 14.1. The van der Waals surface area contributed by atoms with Gasteiger partial charge in [0, 0.05) is 30.9 Å². The van der Waals surface area contributed by atoms with Crippen molar-refractivity contribution in [3.05, 3.63) is 64.0 Å². The van der Waals surface area contributed by atoms with Crippen LogP contribution >= 0.6 is 0 Å². The van der Waals surface area contributed by atoms with E-state index in [9.17, 15) is 32.5 Å². The molecule has 0 aliphatic heterocycles. The summed E-state index contributed by atoms with van der Waals surface area (Å²) < 4.78 is 45.1. The summed E-state index contributed by atoms with van der Waals surface area (Å²) in [6.45, 7) is 2.68. The van der Waals surface area contributed by atoms with Crippen molar-refractivity contribution in [2.75, 3.05) is 25.0 Å². The number of nitrogens with one attached hydrogen (secondary N) is 1. The largest absolute Gasteiger partial charge is 0.452 e. The number of sulfonamides is 1. The van der Waals surface area contributed by atoms with Gasteiger partial charge in [0.15, 0.2) is 6.61 Å². The maximum absolute atomic E-state index is 14.1. The maximum Gasteiger partial charge on any atom is 0.338 e. The average Bonchev–Trinajstić information content (AvgIpc) is 2.73. The second-order valence-electron chi connectivity index (χ2n) is 6.17. The fraction of sp³-hybridized carbons (Fsp3) is 0.263. The number of benzene rings is 2. The first-order valence-electron chi connectivity index (χ1n) is 9.11. The van der Waals surface area contributed by atoms with E-state index in [1.54, 1.807) is 13.8 Å². The zero-order valence-electron chi connectivity index (χ0n) is 16.7. The molecule has 0 saturated carbocycles. The van der Waals surface area contributed by atoms with Gasteiger partial charge < -0.3 is 10.1 Å². The molecular weight excluding hydrogens is 433 g/mol. The van der Waals surface area contributed by atoms with Gasteiger partial charge in [-0.3, -0.25) is 14.9 Å². The summed E-state index contributed by atoms with van der Waals surface area (Å²) in [5.41, 5.74) is -0.358. The molecule has 0 aliphatic carbocycles. The van der Waals surface area contributed by atoms with Gasteiger partial charge in [-0.2, -0.15) is 4.31 Å². The third-order valence-electron chi connectivity index (χ3n) is 4.17. The lowest BCUT2D eigenvalue weighted by atomic mass is 10.2. The first-order chi connectivity index (χ1) is 14.6. The minimum Gasteiger partial charge on any atom is -0.452 e. The highest BCUT2D eigenvalue weighted by Gasteiger charge is 2.26. The van der Waals surface area contributed by atoms with Gasteiger partial charge in [-0.1, -0.05) is 19.9 Å². The third-order valence-corrected chi connectivity index (χ3v) is 6.23. The van der Waals surface area contributed by atoms with Crippen LogP contribution < -0.4 is 5.32 Å². The van der Waals surface area contributed by atoms with Gasteiger partial charge in [0.1, 0.15) is 10.7 Å². The van der Waals surface area contributed by atoms with Crippen molar-refractivity contribution in [2.45, 2.75) is 18.7 Å². The fourth-order valence-electron chi connectivity index (χ4n) is 2.64. The van der Waals surface area contributed by atoms with Crippen molar-refractivity contribution in [1.82, 2.24) is 4.31 Å². The van der Waals surface area contributed by atoms with E-state index in [0.29, 0.717) is 0 Å². The smallest absolute Gasteiger partial charge is 0.338 e. The molecule has 0 atom stereocenters. The summed E-state index contributed by atoms with van der Waals surface area (Å²) in [7, 11) is -4.15. The van der Waals surface area contributed by atoms with Gasteiger partial charge >= 0.3 is 5.97 Å². The van der Waals surface area contributed by atoms with Gasteiger partial charge in [0.25, 0.3) is 11.6 Å². The zero-order chi connectivity index (χ0) is 23.2. The zero-order valence-corrected chi connectivity index (χ0v) is 17.5. The molecule has 31 heavy (non-hydrogen) atoms. The first-order valence-corrected chi connectivity index (χ1v) is 10.5. The Balaban J connectivity index is 2.10. The lowest BCUT2D eigenvalue weighted by molar-refractivity contribution is -0.384. The summed E-state index contributed by atoms with van der Waals surface area (Å²) in [6.07, 6.45) is 0. The molecule has 0 aromatic heterocycles. The van der Waals surface area contributed by atoms with Crippen LogP contribution in [-0.2, 0) is 19.6 Å². The highest BCUT2D eigenvalue weighted by atomic mass is 32.2. The number of rotatable bonds is 9. The number of carbonyl (C=O) groups excluding carboxylic acids is 2. The van der Waals surface area contributed by atoms with E-state index in [0.717, 1.165) is 28.6 Å². The number of nitrogens with zero attached hydrogens (tertiary/aromatic N) is 2. The average molecular weight is 453 g/mol. The van der Waals surface area contributed by atoms with Crippen LogP contribution in [0.3, 0.4) is 0 Å². The Hall–Kier alpha value is -3.38. The summed E-state index contributed by atoms with van der Waals surface area (Å²) in [5, 5.41) is 13.1. The summed E-state index contributed by atoms with van der Waals surface area (Å²) in [5.74, 6) is -2.83. The molecule has 2 aromatic rings. The Kier molecular flexibility index (Phi) is 7.78. The van der Waals surface area contributed by atoms with Crippen LogP contribution in [0.1, 0.15) is 24.2 Å². The van der Waals surface area contributed by atoms with Crippen molar-refractivity contribution >= 4 is 33.3 Å². The van der Waals surface area contributed by atoms with Crippen molar-refractivity contribution in [2.24, 2.45) is 0 Å². The molecule has 0 fully saturated rings. The van der Waals surface area contributed by atoms with E-state index in [2.05, 4.69) is 5.32 Å². The van der Waals surface area contributed by atoms with Gasteiger partial charge in [0.05, 0.1) is 10.5 Å². The number of hydrogen-bond donors (Lipinski definition) is 1. The van der Waals surface area contributed by atoms with Gasteiger partial charge in [-0.05, 0) is 24.3 Å². The molecule has 12 heteroatoms. The number of nitro benzene ring substituents is 1. The molecule has 166 valence electrons. The molecule has 1 amide bonds. The van der Waals surface area contributed by atoms with E-state index >= 15 is 0 Å². The lowest BCUT2D eigenvalue weighted by Crippen LogP contribution is -2.31. The quantitative estimate of drug-likeness (QED) is 0.350. The number of halogens is 1. The molecule has 0 unspecified atom stereocenters. The highest BCUT2D eigenvalue weighted by Crippen LogP contribution is 2.21. The number of amides is 1. The summed E-state index contributed by atoms with van der Waals surface area (Å²) in [4.78, 5) is 33.6. The number of hydrogen-bond acceptors (Lipinski definition) is 7. The van der Waals surface area contributed by atoms with Crippen LogP contribution in [-0.4, -0.2) is 49.2 Å². The van der Waals surface area contributed by atoms with Crippen LogP contribution in [0, 0.1) is 15.9 Å². The Morgan fingerprint density at radius 1 is 1.16 bits per heavy atom. The minimum atomic E-state index is -4.15. The minimum absolute atomic E-state index is 0.116. The van der Waals surface area contributed by atoms with Crippen LogP contribution in [0.25, 0.3) is 0 Å². The molecule has 2 aromatic carbocycles. The molecular formula is C19H20FN3O7S. The molecule has 0 bridgehead atoms. The SMILES string of the molecule is CCN(CC)S(=O)(=O)c1cc(C(=O)OCC(=O)Nc2cccc([N+](=O)[O-])c2)ccc1F. The van der Waals surface area contributed by atoms with E-state index in [1.807, 2.05) is 0 Å². The van der Waals surface area contributed by atoms with Crippen LogP contribution in [0.2, 0.25) is 0 Å². The molecule has 0 radical (unpaired) electrons. The van der Waals surface area contributed by atoms with Gasteiger partial charge in [-0.25, -0.2) is 17.6 Å². The second-order valence-corrected chi connectivity index (χ2v) is 8.07. The number of carbonyl (C=O) groups is 2. The topological polar surface area (TPSA) is 136 Å². The Morgan fingerprint density at radius 2 is 1.84 bits per heavy atom. The monoisotopic (exact) mass is 453 g/mol. The number of non-ortho nitro benzene ring substituents is 1. The van der Waals surface area contributed by atoms with E-state index in [-0.39, 0.29) is 30.0 Å².